The van der Waals surface area contributed by atoms with Crippen LogP contribution in [0.1, 0.15) is 12.5 Å². The first-order valence-electron chi connectivity index (χ1n) is 11.0. The number of piperazine rings is 1. The van der Waals surface area contributed by atoms with Crippen LogP contribution in [0.25, 0.3) is 11.2 Å². The van der Waals surface area contributed by atoms with E-state index in [1.54, 1.807) is 23.1 Å². The minimum Gasteiger partial charge on any atom is -0.475 e. The number of nitrogens with zero attached hydrogens (tertiary/aromatic N) is 5. The number of carboxylic acids is 1. The highest BCUT2D eigenvalue weighted by Crippen LogP contribution is 2.25. The van der Waals surface area contributed by atoms with Crippen LogP contribution in [0, 0.1) is 11.8 Å². The van der Waals surface area contributed by atoms with Crippen molar-refractivity contribution in [1.29, 1.82) is 0 Å². The summed E-state index contributed by atoms with van der Waals surface area (Å²) in [6, 6.07) is 10.1. The van der Waals surface area contributed by atoms with Gasteiger partial charge in [-0.3, -0.25) is 9.13 Å². The number of aromatic nitrogens is 4. The van der Waals surface area contributed by atoms with Crippen molar-refractivity contribution >= 4 is 28.9 Å². The van der Waals surface area contributed by atoms with Crippen molar-refractivity contribution in [2.24, 2.45) is 7.05 Å². The van der Waals surface area contributed by atoms with Crippen LogP contribution in [-0.2, 0) is 24.9 Å². The van der Waals surface area contributed by atoms with E-state index in [1.807, 2.05) is 18.2 Å². The lowest BCUT2D eigenvalue weighted by molar-refractivity contribution is -0.192. The quantitative estimate of drug-likeness (QED) is 0.450. The first-order chi connectivity index (χ1) is 17.1. The molecule has 0 spiro atoms. The number of nitrogens with one attached hydrogen (secondary N) is 2. The van der Waals surface area contributed by atoms with E-state index in [4.69, 9.17) is 14.9 Å². The fourth-order valence-electron chi connectivity index (χ4n) is 3.53. The van der Waals surface area contributed by atoms with Gasteiger partial charge in [-0.1, -0.05) is 36.3 Å². The molecule has 10 nitrogen and oxygen atoms in total. The highest BCUT2D eigenvalue weighted by Gasteiger charge is 2.38. The average molecular weight is 506 g/mol. The maximum absolute atomic E-state index is 12.9. The van der Waals surface area contributed by atoms with E-state index in [0.717, 1.165) is 43.1 Å². The Hall–Kier alpha value is -4.05. The number of halogens is 3. The molecule has 1 aliphatic rings. The summed E-state index contributed by atoms with van der Waals surface area (Å²) < 4.78 is 35.0. The van der Waals surface area contributed by atoms with E-state index in [1.165, 1.54) is 0 Å². The van der Waals surface area contributed by atoms with Gasteiger partial charge in [0, 0.05) is 39.8 Å². The predicted molar refractivity (Wildman–Crippen MR) is 129 cm³/mol. The van der Waals surface area contributed by atoms with Crippen LogP contribution >= 0.6 is 0 Å². The molecule has 1 fully saturated rings. The summed E-state index contributed by atoms with van der Waals surface area (Å²) in [7, 11) is 1.75. The fourth-order valence-corrected chi connectivity index (χ4v) is 3.53. The van der Waals surface area contributed by atoms with Crippen LogP contribution in [0.4, 0.5) is 24.9 Å². The Morgan fingerprint density at radius 1 is 1.19 bits per heavy atom. The fraction of sp³-hybridized carbons (Fsp3) is 0.391. The number of imidazole rings is 1. The molecule has 13 heteroatoms. The number of hydrogen-bond acceptors (Lipinski definition) is 7. The Bertz CT molecular complexity index is 1320. The van der Waals surface area contributed by atoms with Crippen LogP contribution < -0.4 is 21.2 Å². The van der Waals surface area contributed by atoms with Gasteiger partial charge in [0.25, 0.3) is 0 Å². The Labute approximate surface area is 204 Å². The third-order valence-electron chi connectivity index (χ3n) is 5.32. The molecule has 3 heterocycles. The standard InChI is InChI=1S/C21H25N7O.C2HF3O2/c1-3-4-12-28-17-18(26(2)21(28)29)24-20(23-15-16-8-6-5-7-9-16)25-19(17)27-13-10-22-11-14-27;3-2(4,5)1(6)7/h5-9,22H,10-15H2,1-2H3,(H,23,24,25);(H,6,7). The maximum atomic E-state index is 12.9. The van der Waals surface area contributed by atoms with Crippen molar-refractivity contribution in [2.75, 3.05) is 36.4 Å². The van der Waals surface area contributed by atoms with E-state index in [9.17, 15) is 18.0 Å². The van der Waals surface area contributed by atoms with Crippen molar-refractivity contribution in [3.8, 4) is 11.8 Å². The summed E-state index contributed by atoms with van der Waals surface area (Å²) >= 11 is 0. The first-order valence-corrected chi connectivity index (χ1v) is 11.0. The van der Waals surface area contributed by atoms with Crippen LogP contribution in [-0.4, -0.2) is 62.5 Å². The Kier molecular flexibility index (Phi) is 8.55. The number of aryl methyl sites for hydroxylation is 1. The molecule has 3 aromatic rings. The van der Waals surface area contributed by atoms with E-state index < -0.39 is 12.1 Å². The third-order valence-corrected chi connectivity index (χ3v) is 5.32. The average Bonchev–Trinajstić information content (AvgIpc) is 3.11. The summed E-state index contributed by atoms with van der Waals surface area (Å²) in [5, 5.41) is 13.8. The van der Waals surface area contributed by atoms with E-state index in [0.29, 0.717) is 24.7 Å². The molecule has 2 aromatic heterocycles. The first kappa shape index (κ1) is 26.6. The van der Waals surface area contributed by atoms with Gasteiger partial charge >= 0.3 is 17.8 Å². The van der Waals surface area contributed by atoms with Gasteiger partial charge in [-0.25, -0.2) is 9.59 Å². The molecule has 0 radical (unpaired) electrons. The number of alkyl halides is 3. The van der Waals surface area contributed by atoms with E-state index >= 15 is 0 Å². The Morgan fingerprint density at radius 3 is 2.42 bits per heavy atom. The van der Waals surface area contributed by atoms with E-state index in [-0.39, 0.29) is 5.69 Å². The third kappa shape index (κ3) is 6.33. The number of fused-ring (bicyclic) bond motifs is 1. The predicted octanol–water partition coefficient (Wildman–Crippen LogP) is 1.81. The van der Waals surface area contributed by atoms with Gasteiger partial charge in [-0.05, 0) is 12.5 Å². The zero-order chi connectivity index (χ0) is 26.3. The second-order valence-corrected chi connectivity index (χ2v) is 7.78. The minimum atomic E-state index is -5.08. The summed E-state index contributed by atoms with van der Waals surface area (Å²) in [5.74, 6) is 4.41. The summed E-state index contributed by atoms with van der Waals surface area (Å²) in [5.41, 5.74) is 2.37. The lowest BCUT2D eigenvalue weighted by Crippen LogP contribution is -2.44. The molecule has 0 amide bonds. The van der Waals surface area contributed by atoms with Crippen LogP contribution in [0.15, 0.2) is 35.1 Å². The van der Waals surface area contributed by atoms with Crippen molar-refractivity contribution < 1.29 is 23.1 Å². The second kappa shape index (κ2) is 11.6. The number of hydrogen-bond donors (Lipinski definition) is 3. The summed E-state index contributed by atoms with van der Waals surface area (Å²) in [4.78, 5) is 33.4. The molecule has 1 aromatic carbocycles. The van der Waals surface area contributed by atoms with Gasteiger partial charge in [0.2, 0.25) is 5.95 Å². The number of benzene rings is 1. The number of aliphatic carboxylic acids is 1. The molecule has 0 unspecified atom stereocenters. The zero-order valence-corrected chi connectivity index (χ0v) is 19.8. The van der Waals surface area contributed by atoms with Crippen molar-refractivity contribution in [1.82, 2.24) is 24.4 Å². The Balaban J connectivity index is 0.000000454. The second-order valence-electron chi connectivity index (χ2n) is 7.78. The molecule has 1 saturated heterocycles. The highest BCUT2D eigenvalue weighted by molar-refractivity contribution is 5.86. The minimum absolute atomic E-state index is 0.131. The number of rotatable bonds is 5. The monoisotopic (exact) mass is 505 g/mol. The molecule has 36 heavy (non-hydrogen) atoms. The van der Waals surface area contributed by atoms with Gasteiger partial charge < -0.3 is 20.6 Å². The van der Waals surface area contributed by atoms with Gasteiger partial charge in [-0.2, -0.15) is 23.1 Å². The van der Waals surface area contributed by atoms with Crippen LogP contribution in [0.3, 0.4) is 0 Å². The van der Waals surface area contributed by atoms with Crippen LogP contribution in [0.5, 0.6) is 0 Å². The number of carbonyl (C=O) groups is 1. The summed E-state index contributed by atoms with van der Waals surface area (Å²) in [6.07, 6.45) is -5.08. The lowest BCUT2D eigenvalue weighted by Gasteiger charge is -2.29. The van der Waals surface area contributed by atoms with Crippen LogP contribution in [0.2, 0.25) is 0 Å². The highest BCUT2D eigenvalue weighted by atomic mass is 19.4. The van der Waals surface area contributed by atoms with Gasteiger partial charge in [0.1, 0.15) is 5.52 Å². The smallest absolute Gasteiger partial charge is 0.475 e. The largest absolute Gasteiger partial charge is 0.490 e. The molecule has 0 atom stereocenters. The Morgan fingerprint density at radius 2 is 1.83 bits per heavy atom. The van der Waals surface area contributed by atoms with Crippen molar-refractivity contribution in [3.05, 3.63) is 46.4 Å². The molecule has 4 rings (SSSR count). The number of anilines is 2. The number of carboxylic acid groups (broad SMARTS) is 1. The lowest BCUT2D eigenvalue weighted by atomic mass is 10.2. The van der Waals surface area contributed by atoms with E-state index in [2.05, 4.69) is 44.5 Å². The van der Waals surface area contributed by atoms with Gasteiger partial charge in [0.05, 0.1) is 6.54 Å². The molecule has 1 aliphatic heterocycles. The molecule has 0 aliphatic carbocycles. The molecule has 3 N–H and O–H groups in total. The summed E-state index contributed by atoms with van der Waals surface area (Å²) in [6.45, 7) is 6.12. The molecule has 192 valence electrons. The molecular formula is C23H26F3N7O3. The molecular weight excluding hydrogens is 479 g/mol. The van der Waals surface area contributed by atoms with Crippen molar-refractivity contribution in [3.63, 3.8) is 0 Å². The molecule has 0 saturated carbocycles. The van der Waals surface area contributed by atoms with Crippen molar-refractivity contribution in [2.45, 2.75) is 26.2 Å². The van der Waals surface area contributed by atoms with Gasteiger partial charge in [-0.15, -0.1) is 5.92 Å². The van der Waals surface area contributed by atoms with Gasteiger partial charge in [0.15, 0.2) is 11.5 Å². The topological polar surface area (TPSA) is 117 Å². The maximum Gasteiger partial charge on any atom is 0.490 e. The molecule has 0 bridgehead atoms. The zero-order valence-electron chi connectivity index (χ0n) is 19.8. The normalized spacial score (nSPS) is 13.4. The SMILES string of the molecule is CC#CCn1c(=O)n(C)c2nc(NCc3ccccc3)nc(N3CCNCC3)c21.O=C(O)C(F)(F)F.